The lowest BCUT2D eigenvalue weighted by atomic mass is 9.94. The molecule has 0 aromatic heterocycles. The van der Waals surface area contributed by atoms with Crippen molar-refractivity contribution in [1.29, 1.82) is 0 Å². The summed E-state index contributed by atoms with van der Waals surface area (Å²) in [7, 11) is -3.99. The Morgan fingerprint density at radius 3 is 2.10 bits per heavy atom. The number of carboxylic acids is 1. The highest BCUT2D eigenvalue weighted by Gasteiger charge is 2.50. The molecule has 1 aliphatic carbocycles. The third-order valence-corrected chi connectivity index (χ3v) is 7.78. The monoisotopic (exact) mass is 425 g/mol. The largest absolute Gasteiger partial charge is 0.477 e. The van der Waals surface area contributed by atoms with Crippen molar-refractivity contribution < 1.29 is 31.5 Å². The van der Waals surface area contributed by atoms with Crippen LogP contribution in [0.4, 0.5) is 13.2 Å². The second kappa shape index (κ2) is 7.64. The lowest BCUT2D eigenvalue weighted by Crippen LogP contribution is -2.35. The highest BCUT2D eigenvalue weighted by Crippen LogP contribution is 2.48. The number of carboxylic acid groups (broad SMARTS) is 1. The summed E-state index contributed by atoms with van der Waals surface area (Å²) in [6, 6.07) is 9.04. The zero-order valence-electron chi connectivity index (χ0n) is 15.1. The second-order valence-corrected chi connectivity index (χ2v) is 9.23. The van der Waals surface area contributed by atoms with Gasteiger partial charge in [-0.15, -0.1) is 0 Å². The molecule has 2 unspecified atom stereocenters. The summed E-state index contributed by atoms with van der Waals surface area (Å²) in [5.74, 6) is -2.36. The molecule has 0 spiro atoms. The van der Waals surface area contributed by atoms with E-state index in [0.717, 1.165) is 24.3 Å². The van der Waals surface area contributed by atoms with Crippen molar-refractivity contribution in [3.63, 3.8) is 0 Å². The third kappa shape index (κ3) is 3.67. The van der Waals surface area contributed by atoms with Gasteiger partial charge in [0, 0.05) is 6.04 Å². The average molecular weight is 425 g/mol. The lowest BCUT2D eigenvalue weighted by molar-refractivity contribution is -0.130. The van der Waals surface area contributed by atoms with E-state index < -0.39 is 38.0 Å². The molecule has 0 saturated heterocycles. The Balaban J connectivity index is 2.12. The van der Waals surface area contributed by atoms with Crippen molar-refractivity contribution >= 4 is 21.4 Å². The van der Waals surface area contributed by atoms with Crippen molar-refractivity contribution in [2.75, 3.05) is 0 Å². The SMILES string of the molecule is NC1CCC(c2ccc(C(C(=O)O)=C(F)F)cc2)(S(=O)(=O)c2ccc(F)cc2)C1. The predicted octanol–water partition coefficient (Wildman–Crippen LogP) is 3.70. The molecule has 5 nitrogen and oxygen atoms in total. The maximum atomic E-state index is 13.4. The summed E-state index contributed by atoms with van der Waals surface area (Å²) in [5.41, 5.74) is 4.94. The number of nitrogens with two attached hydrogens (primary N) is 1. The molecule has 2 atom stereocenters. The van der Waals surface area contributed by atoms with Gasteiger partial charge in [-0.05, 0) is 54.7 Å². The van der Waals surface area contributed by atoms with Crippen LogP contribution in [0.3, 0.4) is 0 Å². The first-order chi connectivity index (χ1) is 13.6. The van der Waals surface area contributed by atoms with Gasteiger partial charge < -0.3 is 10.8 Å². The third-order valence-electron chi connectivity index (χ3n) is 5.25. The first kappa shape index (κ1) is 21.1. The molecule has 2 aromatic rings. The Hall–Kier alpha value is -2.65. The highest BCUT2D eigenvalue weighted by atomic mass is 32.2. The van der Waals surface area contributed by atoms with Gasteiger partial charge in [0.2, 0.25) is 0 Å². The topological polar surface area (TPSA) is 97.5 Å². The van der Waals surface area contributed by atoms with Gasteiger partial charge in [-0.25, -0.2) is 17.6 Å². The Labute approximate surface area is 165 Å². The van der Waals surface area contributed by atoms with Crippen molar-refractivity contribution in [3.05, 3.63) is 71.6 Å². The molecule has 1 fully saturated rings. The Bertz CT molecular complexity index is 1060. The molecule has 0 bridgehead atoms. The lowest BCUT2D eigenvalue weighted by Gasteiger charge is -2.30. The van der Waals surface area contributed by atoms with Gasteiger partial charge in [0.15, 0.2) is 9.84 Å². The molecule has 1 aliphatic rings. The second-order valence-electron chi connectivity index (χ2n) is 6.97. The number of aliphatic carboxylic acids is 1. The molecule has 0 radical (unpaired) electrons. The van der Waals surface area contributed by atoms with E-state index in [1.165, 1.54) is 24.3 Å². The summed E-state index contributed by atoms with van der Waals surface area (Å²) in [6.45, 7) is 0. The quantitative estimate of drug-likeness (QED) is 0.562. The fourth-order valence-corrected chi connectivity index (χ4v) is 6.01. The Morgan fingerprint density at radius 1 is 1.07 bits per heavy atom. The van der Waals surface area contributed by atoms with Gasteiger partial charge in [-0.3, -0.25) is 0 Å². The van der Waals surface area contributed by atoms with E-state index in [2.05, 4.69) is 0 Å². The number of sulfone groups is 1. The van der Waals surface area contributed by atoms with Gasteiger partial charge in [0.25, 0.3) is 6.08 Å². The van der Waals surface area contributed by atoms with Crippen LogP contribution in [0.25, 0.3) is 5.57 Å². The standard InChI is InChI=1S/C20H18F3NO4S/c21-14-5-7-16(8-6-14)29(27,28)20(10-9-15(24)11-20)13-3-1-12(2-4-13)17(18(22)23)19(25)26/h1-8,15H,9-11,24H2,(H,25,26). The molecule has 0 aliphatic heterocycles. The molecular weight excluding hydrogens is 407 g/mol. The summed E-state index contributed by atoms with van der Waals surface area (Å²) in [6.07, 6.45) is -1.61. The van der Waals surface area contributed by atoms with Crippen LogP contribution in [0.1, 0.15) is 30.4 Å². The minimum atomic E-state index is -3.99. The van der Waals surface area contributed by atoms with Crippen LogP contribution in [0.5, 0.6) is 0 Å². The van der Waals surface area contributed by atoms with Crippen LogP contribution in [0.2, 0.25) is 0 Å². The van der Waals surface area contributed by atoms with Crippen molar-refractivity contribution in [1.82, 2.24) is 0 Å². The molecular formula is C20H18F3NO4S. The van der Waals surface area contributed by atoms with Gasteiger partial charge >= 0.3 is 5.97 Å². The van der Waals surface area contributed by atoms with Crippen LogP contribution >= 0.6 is 0 Å². The van der Waals surface area contributed by atoms with Gasteiger partial charge in [0.05, 0.1) is 4.90 Å². The molecule has 2 aromatic carbocycles. The molecule has 9 heteroatoms. The van der Waals surface area contributed by atoms with E-state index in [0.29, 0.717) is 12.0 Å². The Kier molecular flexibility index (Phi) is 5.55. The minimum absolute atomic E-state index is 0.0713. The first-order valence-electron chi connectivity index (χ1n) is 8.74. The van der Waals surface area contributed by atoms with Crippen LogP contribution < -0.4 is 5.73 Å². The maximum Gasteiger partial charge on any atom is 0.341 e. The van der Waals surface area contributed by atoms with E-state index in [4.69, 9.17) is 10.8 Å². The van der Waals surface area contributed by atoms with Crippen molar-refractivity contribution in [2.24, 2.45) is 5.73 Å². The van der Waals surface area contributed by atoms with E-state index in [-0.39, 0.29) is 29.3 Å². The van der Waals surface area contributed by atoms with E-state index in [9.17, 15) is 26.4 Å². The van der Waals surface area contributed by atoms with Crippen molar-refractivity contribution in [2.45, 2.75) is 34.9 Å². The highest BCUT2D eigenvalue weighted by molar-refractivity contribution is 7.92. The molecule has 3 rings (SSSR count). The number of hydrogen-bond donors (Lipinski definition) is 2. The predicted molar refractivity (Wildman–Crippen MR) is 100 cm³/mol. The average Bonchev–Trinajstić information content (AvgIpc) is 3.06. The zero-order chi connectivity index (χ0) is 21.4. The smallest absolute Gasteiger partial charge is 0.341 e. The number of hydrogen-bond acceptors (Lipinski definition) is 4. The van der Waals surface area contributed by atoms with Crippen LogP contribution in [0.15, 0.2) is 59.5 Å². The van der Waals surface area contributed by atoms with Crippen LogP contribution in [0, 0.1) is 5.82 Å². The number of carbonyl (C=O) groups is 1. The fourth-order valence-electron chi connectivity index (χ4n) is 3.80. The zero-order valence-corrected chi connectivity index (χ0v) is 15.9. The number of rotatable bonds is 5. The normalized spacial score (nSPS) is 21.7. The summed E-state index contributed by atoms with van der Waals surface area (Å²) < 4.78 is 64.7. The van der Waals surface area contributed by atoms with E-state index >= 15 is 0 Å². The number of halogens is 3. The number of benzene rings is 2. The van der Waals surface area contributed by atoms with Crippen molar-refractivity contribution in [3.8, 4) is 0 Å². The molecule has 154 valence electrons. The molecule has 0 heterocycles. The molecule has 0 amide bonds. The van der Waals surface area contributed by atoms with E-state index in [1.807, 2.05) is 0 Å². The Morgan fingerprint density at radius 2 is 1.66 bits per heavy atom. The fraction of sp³-hybridized carbons (Fsp3) is 0.250. The maximum absolute atomic E-state index is 13.4. The molecule has 1 saturated carbocycles. The van der Waals surface area contributed by atoms with Gasteiger partial charge in [0.1, 0.15) is 16.1 Å². The molecule has 29 heavy (non-hydrogen) atoms. The summed E-state index contributed by atoms with van der Waals surface area (Å²) in [5, 5.41) is 8.98. The molecule has 3 N–H and O–H groups in total. The van der Waals surface area contributed by atoms with Crippen LogP contribution in [-0.2, 0) is 19.4 Å². The van der Waals surface area contributed by atoms with E-state index in [1.54, 1.807) is 0 Å². The van der Waals surface area contributed by atoms with Crippen LogP contribution in [-0.4, -0.2) is 25.5 Å². The van der Waals surface area contributed by atoms with Gasteiger partial charge in [-0.2, -0.15) is 8.78 Å². The van der Waals surface area contributed by atoms with Gasteiger partial charge in [-0.1, -0.05) is 24.3 Å². The summed E-state index contributed by atoms with van der Waals surface area (Å²) in [4.78, 5) is 11.0. The minimum Gasteiger partial charge on any atom is -0.477 e. The first-order valence-corrected chi connectivity index (χ1v) is 10.2. The summed E-state index contributed by atoms with van der Waals surface area (Å²) >= 11 is 0.